The maximum absolute atomic E-state index is 12.0. The molecule has 0 spiro atoms. The number of H-pyrrole nitrogens is 1. The Morgan fingerprint density at radius 2 is 2.00 bits per heavy atom. The SMILES string of the molecule is O=C(CSc1ncc(-c2ccncc2)[nH]1)Nc1ccccc1Cl. The van der Waals surface area contributed by atoms with Gasteiger partial charge in [-0.1, -0.05) is 35.5 Å². The van der Waals surface area contributed by atoms with Crippen LogP contribution in [0.15, 0.2) is 60.1 Å². The summed E-state index contributed by atoms with van der Waals surface area (Å²) in [5, 5.41) is 3.98. The van der Waals surface area contributed by atoms with Crippen LogP contribution in [0.1, 0.15) is 0 Å². The van der Waals surface area contributed by atoms with Gasteiger partial charge in [-0.2, -0.15) is 0 Å². The van der Waals surface area contributed by atoms with Crippen molar-refractivity contribution in [1.29, 1.82) is 0 Å². The molecule has 116 valence electrons. The van der Waals surface area contributed by atoms with E-state index < -0.39 is 0 Å². The number of amides is 1. The summed E-state index contributed by atoms with van der Waals surface area (Å²) in [6, 6.07) is 10.9. The Morgan fingerprint density at radius 3 is 2.78 bits per heavy atom. The Bertz CT molecular complexity index is 807. The molecule has 2 heterocycles. The predicted molar refractivity (Wildman–Crippen MR) is 92.6 cm³/mol. The van der Waals surface area contributed by atoms with Crippen LogP contribution in [0.3, 0.4) is 0 Å². The van der Waals surface area contributed by atoms with Crippen molar-refractivity contribution in [3.8, 4) is 11.3 Å². The van der Waals surface area contributed by atoms with Gasteiger partial charge in [-0.3, -0.25) is 9.78 Å². The summed E-state index contributed by atoms with van der Waals surface area (Å²) in [6.07, 6.45) is 5.18. The van der Waals surface area contributed by atoms with E-state index in [-0.39, 0.29) is 11.7 Å². The summed E-state index contributed by atoms with van der Waals surface area (Å²) in [5.41, 5.74) is 2.50. The number of para-hydroxylation sites is 1. The van der Waals surface area contributed by atoms with Crippen molar-refractivity contribution in [3.05, 3.63) is 60.0 Å². The van der Waals surface area contributed by atoms with E-state index in [0.717, 1.165) is 11.3 Å². The molecule has 0 aliphatic heterocycles. The third-order valence-corrected chi connectivity index (χ3v) is 4.25. The minimum absolute atomic E-state index is 0.134. The molecule has 23 heavy (non-hydrogen) atoms. The van der Waals surface area contributed by atoms with Gasteiger partial charge in [-0.05, 0) is 24.3 Å². The number of aromatic amines is 1. The van der Waals surface area contributed by atoms with Gasteiger partial charge in [-0.25, -0.2) is 4.98 Å². The van der Waals surface area contributed by atoms with Gasteiger partial charge in [0.25, 0.3) is 0 Å². The van der Waals surface area contributed by atoms with Gasteiger partial charge in [0, 0.05) is 18.0 Å². The van der Waals surface area contributed by atoms with Gasteiger partial charge in [0.15, 0.2) is 5.16 Å². The van der Waals surface area contributed by atoms with Crippen LogP contribution in [-0.4, -0.2) is 26.6 Å². The number of nitrogens with zero attached hydrogens (tertiary/aromatic N) is 2. The Balaban J connectivity index is 1.58. The Kier molecular flexibility index (Phi) is 4.95. The normalized spacial score (nSPS) is 10.5. The second-order valence-electron chi connectivity index (χ2n) is 4.65. The second kappa shape index (κ2) is 7.30. The summed E-state index contributed by atoms with van der Waals surface area (Å²) >= 11 is 7.34. The lowest BCUT2D eigenvalue weighted by atomic mass is 10.2. The molecule has 5 nitrogen and oxygen atoms in total. The van der Waals surface area contributed by atoms with E-state index in [2.05, 4.69) is 20.3 Å². The van der Waals surface area contributed by atoms with Gasteiger partial charge in [0.2, 0.25) is 5.91 Å². The lowest BCUT2D eigenvalue weighted by molar-refractivity contribution is -0.113. The number of carbonyl (C=O) groups is 1. The number of imidazole rings is 1. The summed E-state index contributed by atoms with van der Waals surface area (Å²) < 4.78 is 0. The van der Waals surface area contributed by atoms with Gasteiger partial charge in [0.05, 0.1) is 28.4 Å². The molecular formula is C16H13ClN4OS. The van der Waals surface area contributed by atoms with Crippen molar-refractivity contribution in [3.63, 3.8) is 0 Å². The van der Waals surface area contributed by atoms with E-state index in [1.165, 1.54) is 11.8 Å². The van der Waals surface area contributed by atoms with E-state index >= 15 is 0 Å². The largest absolute Gasteiger partial charge is 0.333 e. The fourth-order valence-corrected chi connectivity index (χ4v) is 2.77. The van der Waals surface area contributed by atoms with Crippen molar-refractivity contribution < 1.29 is 4.79 Å². The predicted octanol–water partition coefficient (Wildman–Crippen LogP) is 3.86. The van der Waals surface area contributed by atoms with Crippen molar-refractivity contribution in [2.75, 3.05) is 11.1 Å². The molecule has 3 aromatic rings. The number of halogens is 1. The first-order chi connectivity index (χ1) is 11.2. The van der Waals surface area contributed by atoms with Gasteiger partial charge < -0.3 is 10.3 Å². The molecule has 1 aromatic carbocycles. The Morgan fingerprint density at radius 1 is 1.22 bits per heavy atom. The van der Waals surface area contributed by atoms with Crippen LogP contribution < -0.4 is 5.32 Å². The van der Waals surface area contributed by atoms with Crippen molar-refractivity contribution in [2.24, 2.45) is 0 Å². The average molecular weight is 345 g/mol. The molecule has 0 atom stereocenters. The number of nitrogens with one attached hydrogen (secondary N) is 2. The first kappa shape index (κ1) is 15.6. The van der Waals surface area contributed by atoms with Crippen molar-refractivity contribution in [1.82, 2.24) is 15.0 Å². The number of thioether (sulfide) groups is 1. The third kappa shape index (κ3) is 4.12. The van der Waals surface area contributed by atoms with E-state index in [1.807, 2.05) is 24.3 Å². The molecule has 0 saturated heterocycles. The summed E-state index contributed by atoms with van der Waals surface area (Å²) in [5.74, 6) is 0.110. The smallest absolute Gasteiger partial charge is 0.234 e. The van der Waals surface area contributed by atoms with Gasteiger partial charge >= 0.3 is 0 Å². The quantitative estimate of drug-likeness (QED) is 0.689. The number of pyridine rings is 1. The number of hydrogen-bond donors (Lipinski definition) is 2. The number of aromatic nitrogens is 3. The van der Waals surface area contributed by atoms with Gasteiger partial charge in [-0.15, -0.1) is 0 Å². The minimum Gasteiger partial charge on any atom is -0.333 e. The molecule has 0 fully saturated rings. The lowest BCUT2D eigenvalue weighted by Gasteiger charge is -2.05. The zero-order valence-corrected chi connectivity index (χ0v) is 13.6. The zero-order valence-electron chi connectivity index (χ0n) is 12.0. The summed E-state index contributed by atoms with van der Waals surface area (Å²) in [6.45, 7) is 0. The van der Waals surface area contributed by atoms with E-state index in [9.17, 15) is 4.79 Å². The second-order valence-corrected chi connectivity index (χ2v) is 6.03. The number of hydrogen-bond acceptors (Lipinski definition) is 4. The molecule has 0 saturated carbocycles. The van der Waals surface area contributed by atoms with Gasteiger partial charge in [0.1, 0.15) is 0 Å². The van der Waals surface area contributed by atoms with E-state index in [4.69, 9.17) is 11.6 Å². The summed E-state index contributed by atoms with van der Waals surface area (Å²) in [4.78, 5) is 23.4. The highest BCUT2D eigenvalue weighted by molar-refractivity contribution is 7.99. The standard InChI is InChI=1S/C16H13ClN4OS/c17-12-3-1-2-4-13(12)20-15(22)10-23-16-19-9-14(21-16)11-5-7-18-8-6-11/h1-9H,10H2,(H,19,21)(H,20,22). The molecular weight excluding hydrogens is 332 g/mol. The number of benzene rings is 1. The van der Waals surface area contributed by atoms with Crippen LogP contribution in [0.4, 0.5) is 5.69 Å². The topological polar surface area (TPSA) is 70.7 Å². The molecule has 2 aromatic heterocycles. The molecule has 7 heteroatoms. The molecule has 0 aliphatic rings. The first-order valence-electron chi connectivity index (χ1n) is 6.85. The Hall–Kier alpha value is -2.31. The molecule has 1 amide bonds. The van der Waals surface area contributed by atoms with Crippen molar-refractivity contribution in [2.45, 2.75) is 5.16 Å². The molecule has 0 aliphatic carbocycles. The van der Waals surface area contributed by atoms with Crippen LogP contribution in [0.2, 0.25) is 5.02 Å². The average Bonchev–Trinajstić information content (AvgIpc) is 3.05. The fraction of sp³-hybridized carbons (Fsp3) is 0.0625. The van der Waals surface area contributed by atoms with Crippen molar-refractivity contribution >= 4 is 35.0 Å². The van der Waals surface area contributed by atoms with Crippen LogP contribution in [-0.2, 0) is 4.79 Å². The van der Waals surface area contributed by atoms with E-state index in [0.29, 0.717) is 15.9 Å². The van der Waals surface area contributed by atoms with Crippen LogP contribution in [0.25, 0.3) is 11.3 Å². The number of anilines is 1. The highest BCUT2D eigenvalue weighted by Gasteiger charge is 2.08. The molecule has 2 N–H and O–H groups in total. The number of rotatable bonds is 5. The highest BCUT2D eigenvalue weighted by Crippen LogP contribution is 2.23. The minimum atomic E-state index is -0.134. The maximum Gasteiger partial charge on any atom is 0.234 e. The lowest BCUT2D eigenvalue weighted by Crippen LogP contribution is -2.14. The monoisotopic (exact) mass is 344 g/mol. The molecule has 0 bridgehead atoms. The molecule has 3 rings (SSSR count). The first-order valence-corrected chi connectivity index (χ1v) is 8.21. The van der Waals surface area contributed by atoms with Crippen LogP contribution >= 0.6 is 23.4 Å². The number of carbonyl (C=O) groups excluding carboxylic acids is 1. The highest BCUT2D eigenvalue weighted by atomic mass is 35.5. The van der Waals surface area contributed by atoms with Crippen LogP contribution in [0, 0.1) is 0 Å². The maximum atomic E-state index is 12.0. The molecule has 0 radical (unpaired) electrons. The third-order valence-electron chi connectivity index (χ3n) is 3.03. The fourth-order valence-electron chi connectivity index (χ4n) is 1.94. The zero-order chi connectivity index (χ0) is 16.1. The van der Waals surface area contributed by atoms with Crippen LogP contribution in [0.5, 0.6) is 0 Å². The summed E-state index contributed by atoms with van der Waals surface area (Å²) in [7, 11) is 0. The van der Waals surface area contributed by atoms with E-state index in [1.54, 1.807) is 30.7 Å². The Labute approximate surface area is 142 Å². The molecule has 0 unspecified atom stereocenters.